The van der Waals surface area contributed by atoms with Gasteiger partial charge in [0.2, 0.25) is 0 Å². The van der Waals surface area contributed by atoms with Crippen LogP contribution in [-0.4, -0.2) is 44.9 Å². The predicted octanol–water partition coefficient (Wildman–Crippen LogP) is 32.5. The topological polar surface area (TPSA) is 187 Å². The Morgan fingerprint density at radius 1 is 0.162 bits per heavy atom. The summed E-state index contributed by atoms with van der Waals surface area (Å²) in [5.41, 5.74) is 38.4. The van der Waals surface area contributed by atoms with Crippen molar-refractivity contribution in [1.82, 2.24) is 44.9 Å². The molecule has 0 unspecified atom stereocenters. The first-order valence-corrected chi connectivity index (χ1v) is 47.8. The average molecular weight is 1820 g/mol. The molecule has 25 rings (SSSR count). The van der Waals surface area contributed by atoms with E-state index in [1.807, 2.05) is 109 Å². The van der Waals surface area contributed by atoms with Crippen molar-refractivity contribution in [3.63, 3.8) is 0 Å². The molecule has 0 spiro atoms. The van der Waals surface area contributed by atoms with Gasteiger partial charge in [0.05, 0.1) is 34.9 Å². The summed E-state index contributed by atoms with van der Waals surface area (Å²) in [6, 6.07) is 145. The van der Waals surface area contributed by atoms with Crippen molar-refractivity contribution in [2.75, 3.05) is 0 Å². The first-order valence-electron chi connectivity index (χ1n) is 47.8. The lowest BCUT2D eigenvalue weighted by Gasteiger charge is -2.19. The molecule has 670 valence electrons. The second-order valence-electron chi connectivity index (χ2n) is 38.5. The molecule has 0 amide bonds. The van der Waals surface area contributed by atoms with Crippen LogP contribution in [0.15, 0.2) is 400 Å². The van der Waals surface area contributed by atoms with E-state index >= 15 is 0 Å². The minimum Gasteiger partial charge on any atom is -0.208 e. The maximum Gasteiger partial charge on any atom is 0.164 e. The van der Waals surface area contributed by atoms with Crippen molar-refractivity contribution < 1.29 is 0 Å². The third-order valence-corrected chi connectivity index (χ3v) is 27.5. The van der Waals surface area contributed by atoms with Crippen molar-refractivity contribution in [3.8, 4) is 232 Å². The minimum absolute atomic E-state index is 0.0345. The highest BCUT2D eigenvalue weighted by molar-refractivity contribution is 6.25. The zero-order valence-corrected chi connectivity index (χ0v) is 79.5. The maximum atomic E-state index is 9.52. The molecule has 0 saturated heterocycles. The number of hydrogen-bond donors (Lipinski definition) is 0. The monoisotopic (exact) mass is 1820 g/mol. The van der Waals surface area contributed by atoms with Gasteiger partial charge in [-0.25, -0.2) is 44.9 Å². The maximum absolute atomic E-state index is 9.52. The molecule has 0 fully saturated rings. The average Bonchev–Trinajstić information content (AvgIpc) is 1.56. The number of rotatable bonds is 13. The molecule has 0 radical (unpaired) electrons. The Labute approximate surface area is 824 Å². The van der Waals surface area contributed by atoms with Crippen molar-refractivity contribution >= 4 is 32.3 Å². The lowest BCUT2D eigenvalue weighted by atomic mass is 9.86. The zero-order valence-electron chi connectivity index (χ0n) is 79.5. The Balaban J connectivity index is 0.000000119. The van der Waals surface area contributed by atoms with Crippen LogP contribution in [0.3, 0.4) is 0 Å². The molecule has 12 heteroatoms. The molecule has 0 bridgehead atoms. The van der Waals surface area contributed by atoms with Gasteiger partial charge in [-0.1, -0.05) is 392 Å². The first-order chi connectivity index (χ1) is 69.3. The molecular weight excluding hydrogens is 1730 g/mol. The lowest BCUT2D eigenvalue weighted by molar-refractivity contribution is 0.590. The van der Waals surface area contributed by atoms with Crippen LogP contribution in [-0.2, 0) is 10.8 Å². The molecule has 0 atom stereocenters. The van der Waals surface area contributed by atoms with Gasteiger partial charge in [0, 0.05) is 66.2 Å². The summed E-state index contributed by atoms with van der Waals surface area (Å²) in [4.78, 5) is 46.2. The fourth-order valence-electron chi connectivity index (χ4n) is 20.1. The highest BCUT2D eigenvalue weighted by Gasteiger charge is 2.32. The summed E-state index contributed by atoms with van der Waals surface area (Å²) in [5, 5.41) is 35.3. The number of nitriles is 3. The second kappa shape index (κ2) is 35.9. The van der Waals surface area contributed by atoms with Crippen molar-refractivity contribution in [1.29, 1.82) is 15.8 Å². The molecule has 0 aliphatic heterocycles. The molecule has 12 nitrogen and oxygen atoms in total. The summed E-state index contributed by atoms with van der Waals surface area (Å²) in [6.45, 7) is 17.5. The number of nitrogens with zero attached hydrogens (tertiary/aromatic N) is 12. The van der Waals surface area contributed by atoms with Gasteiger partial charge in [0.1, 0.15) is 0 Å². The second-order valence-corrected chi connectivity index (χ2v) is 38.5. The van der Waals surface area contributed by atoms with Gasteiger partial charge in [-0.15, -0.1) is 0 Å². The predicted molar refractivity (Wildman–Crippen MR) is 577 cm³/mol. The Bertz CT molecular complexity index is 8730. The Hall–Kier alpha value is -18.5. The van der Waals surface area contributed by atoms with E-state index < -0.39 is 0 Å². The molecule has 3 aliphatic carbocycles. The van der Waals surface area contributed by atoms with Crippen molar-refractivity contribution in [2.24, 2.45) is 0 Å². The van der Waals surface area contributed by atoms with Crippen LogP contribution in [0.4, 0.5) is 0 Å². The summed E-state index contributed by atoms with van der Waals surface area (Å²) in [6.07, 6.45) is 0. The van der Waals surface area contributed by atoms with E-state index in [1.54, 1.807) is 0 Å². The van der Waals surface area contributed by atoms with Crippen LogP contribution < -0.4 is 0 Å². The quantitative estimate of drug-likeness (QED) is 0.106. The number of fused-ring (bicyclic) bond motifs is 9. The normalized spacial score (nSPS) is 11.6. The van der Waals surface area contributed by atoms with Gasteiger partial charge in [0.15, 0.2) is 52.4 Å². The van der Waals surface area contributed by atoms with Gasteiger partial charge in [0.25, 0.3) is 0 Å². The Kier molecular flexibility index (Phi) is 22.1. The van der Waals surface area contributed by atoms with Crippen molar-refractivity contribution in [3.05, 3.63) is 439 Å². The van der Waals surface area contributed by atoms with E-state index in [0.29, 0.717) is 69.1 Å². The molecule has 142 heavy (non-hydrogen) atoms. The third kappa shape index (κ3) is 16.1. The van der Waals surface area contributed by atoms with Crippen LogP contribution >= 0.6 is 0 Å². The molecule has 19 aromatic carbocycles. The Morgan fingerprint density at radius 3 is 0.641 bits per heavy atom. The van der Waals surface area contributed by atoms with Crippen LogP contribution in [0.2, 0.25) is 0 Å². The fourth-order valence-corrected chi connectivity index (χ4v) is 20.1. The van der Waals surface area contributed by atoms with Crippen LogP contribution in [0, 0.1) is 47.8 Å². The number of aryl methyl sites for hydroxylation is 2. The fraction of sp³-hybridized carbons (Fsp3) is 0.0769. The van der Waals surface area contributed by atoms with Gasteiger partial charge in [-0.3, -0.25) is 0 Å². The van der Waals surface area contributed by atoms with E-state index in [2.05, 4.69) is 365 Å². The zero-order chi connectivity index (χ0) is 96.6. The van der Waals surface area contributed by atoms with Gasteiger partial charge in [-0.2, -0.15) is 15.8 Å². The highest BCUT2D eigenvalue weighted by Crippen LogP contribution is 2.56. The van der Waals surface area contributed by atoms with E-state index in [9.17, 15) is 15.8 Å². The van der Waals surface area contributed by atoms with Gasteiger partial charge >= 0.3 is 0 Å². The third-order valence-electron chi connectivity index (χ3n) is 27.5. The van der Waals surface area contributed by atoms with E-state index in [4.69, 9.17) is 44.9 Å². The molecule has 22 aromatic rings. The minimum atomic E-state index is 0.0345. The van der Waals surface area contributed by atoms with Crippen LogP contribution in [0.5, 0.6) is 0 Å². The Morgan fingerprint density at radius 2 is 0.366 bits per heavy atom. The molecular formula is C130H90N12. The SMILES string of the molecule is CC(C)(C)c1ccc(-c2nc(-c3ccc(C(C)(C)C)cc3)nc(-c3ccc4c5c(ccc(-c6ccc(C#N)cc6)c35)-c3ccccc3-4)n2)cc1.Cc1ccc(-c2nc(-c3ccc(C)cc3)nc(-c3ccc4c5c(ccc(-c6ccc(C#N)cc6)c35)-c3ccccc3-4)n2)cc1.N#Cc1ccc(-c2ccc3c4c(ccc(-c5nc(-c6ccccc6)nc(-c6cccc(-c7ccccc7)c6)n5)c24)-c2ccccc2-3)cc1. The largest absolute Gasteiger partial charge is 0.208 e. The van der Waals surface area contributed by atoms with E-state index in [0.717, 1.165) is 111 Å². The number of hydrogen-bond acceptors (Lipinski definition) is 12. The highest BCUT2D eigenvalue weighted by atomic mass is 15.1. The molecule has 0 saturated carbocycles. The van der Waals surface area contributed by atoms with Gasteiger partial charge in [-0.05, 0) is 224 Å². The van der Waals surface area contributed by atoms with Crippen molar-refractivity contribution in [2.45, 2.75) is 66.2 Å². The summed E-state index contributed by atoms with van der Waals surface area (Å²) in [5.74, 6) is 5.64. The van der Waals surface area contributed by atoms with E-state index in [1.165, 1.54) is 105 Å². The standard InChI is InChI=1S/C46H38N4.C44H26N4.C40H26N4/c1-45(2,3)32-19-15-30(16-20-32)42-48-43(31-17-21-33(22-18-31)46(4,5)6)50-44(49-42)39-26-25-38-36-10-8-7-9-35(36)37-24-23-34(40(39)41(37)38)29-13-11-28(27-47)12-14-29;45-27-28-18-20-30(21-19-28)34-22-23-37-35-16-7-8-17-36(35)38-24-25-39(40(34)41(37)38)44-47-42(31-12-5-2-6-13-31)46-43(48-44)33-15-9-14-32(26-33)29-10-3-1-4-11-29;1-24-7-13-28(14-8-24)38-42-39(29-15-9-25(2)10-16-29)44-40(43-38)35-22-21-34-32-6-4-3-5-31(32)33-20-19-30(36(35)37(33)34)27-17-11-26(23-41)12-18-27/h7-26H,1-6H3;1-26H;3-22H,1-2H3. The summed E-state index contributed by atoms with van der Waals surface area (Å²) < 4.78 is 0. The molecule has 0 N–H and O–H groups in total. The molecule has 3 heterocycles. The van der Waals surface area contributed by atoms with Gasteiger partial charge < -0.3 is 0 Å². The molecule has 3 aromatic heterocycles. The number of aromatic nitrogens is 9. The number of benzene rings is 19. The summed E-state index contributed by atoms with van der Waals surface area (Å²) in [7, 11) is 0. The summed E-state index contributed by atoms with van der Waals surface area (Å²) >= 11 is 0. The van der Waals surface area contributed by atoms with Crippen LogP contribution in [0.1, 0.15) is 80.5 Å². The smallest absolute Gasteiger partial charge is 0.164 e. The van der Waals surface area contributed by atoms with Crippen LogP contribution in [0.25, 0.3) is 246 Å². The molecule has 3 aliphatic rings. The lowest BCUT2D eigenvalue weighted by Crippen LogP contribution is -2.11. The van der Waals surface area contributed by atoms with E-state index in [-0.39, 0.29) is 10.8 Å². The first kappa shape index (κ1) is 87.5.